The summed E-state index contributed by atoms with van der Waals surface area (Å²) in [6.45, 7) is 2.31. The Balaban J connectivity index is 1.83. The minimum Gasteiger partial charge on any atom is -0.376 e. The van der Waals surface area contributed by atoms with Crippen LogP contribution in [0.3, 0.4) is 0 Å². The molecule has 2 aliphatic rings. The molecule has 112 valence electrons. The maximum atomic E-state index is 12.5. The topological polar surface area (TPSA) is 105 Å². The summed E-state index contributed by atoms with van der Waals surface area (Å²) < 4.78 is 33.2. The van der Waals surface area contributed by atoms with E-state index in [2.05, 4.69) is 4.72 Å². The van der Waals surface area contributed by atoms with Crippen LogP contribution in [0.4, 0.5) is 0 Å². The van der Waals surface area contributed by atoms with Crippen LogP contribution in [0.5, 0.6) is 0 Å². The summed E-state index contributed by atoms with van der Waals surface area (Å²) in [6, 6.07) is 5.92. The standard InChI is InChI=1S/C14H17N3O3S/c1-8-6-9(7-15)2-3-11(8)21(18,19)17-13-12(16)10-4-5-20-14(10)13/h2-3,6,10,12-14,17H,4-5,16H2,1H3. The van der Waals surface area contributed by atoms with Crippen LogP contribution >= 0.6 is 0 Å². The van der Waals surface area contributed by atoms with Crippen molar-refractivity contribution in [3.8, 4) is 6.07 Å². The van der Waals surface area contributed by atoms with Crippen LogP contribution in [0.1, 0.15) is 17.5 Å². The van der Waals surface area contributed by atoms with Gasteiger partial charge in [0.1, 0.15) is 0 Å². The summed E-state index contributed by atoms with van der Waals surface area (Å²) in [5.41, 5.74) is 7.00. The van der Waals surface area contributed by atoms with Crippen molar-refractivity contribution in [2.24, 2.45) is 11.7 Å². The number of fused-ring (bicyclic) bond motifs is 1. The maximum Gasteiger partial charge on any atom is 0.241 e. The van der Waals surface area contributed by atoms with Crippen LogP contribution in [0.15, 0.2) is 23.1 Å². The highest BCUT2D eigenvalue weighted by atomic mass is 32.2. The maximum absolute atomic E-state index is 12.5. The van der Waals surface area contributed by atoms with Gasteiger partial charge in [-0.25, -0.2) is 13.1 Å². The average Bonchev–Trinajstić information content (AvgIpc) is 2.89. The zero-order valence-corrected chi connectivity index (χ0v) is 12.4. The Kier molecular flexibility index (Phi) is 3.50. The number of nitrogens with one attached hydrogen (secondary N) is 1. The van der Waals surface area contributed by atoms with Crippen molar-refractivity contribution in [3.63, 3.8) is 0 Å². The second kappa shape index (κ2) is 5.07. The average molecular weight is 307 g/mol. The van der Waals surface area contributed by atoms with Gasteiger partial charge in [-0.2, -0.15) is 5.26 Å². The molecule has 1 aliphatic carbocycles. The Morgan fingerprint density at radius 3 is 2.90 bits per heavy atom. The third-order valence-electron chi connectivity index (χ3n) is 4.33. The number of hydrogen-bond acceptors (Lipinski definition) is 5. The highest BCUT2D eigenvalue weighted by Gasteiger charge is 2.53. The summed E-state index contributed by atoms with van der Waals surface area (Å²) in [6.07, 6.45) is 0.772. The van der Waals surface area contributed by atoms with Gasteiger partial charge in [0.2, 0.25) is 10.0 Å². The molecule has 1 aromatic carbocycles. The number of hydrogen-bond donors (Lipinski definition) is 2. The summed E-state index contributed by atoms with van der Waals surface area (Å²) in [5.74, 6) is 0.250. The molecule has 0 aromatic heterocycles. The van der Waals surface area contributed by atoms with E-state index in [1.807, 2.05) is 6.07 Å². The Morgan fingerprint density at radius 2 is 2.24 bits per heavy atom. The van der Waals surface area contributed by atoms with Crippen molar-refractivity contribution in [1.82, 2.24) is 4.72 Å². The van der Waals surface area contributed by atoms with E-state index in [4.69, 9.17) is 15.7 Å². The van der Waals surface area contributed by atoms with E-state index in [0.717, 1.165) is 6.42 Å². The molecular formula is C14H17N3O3S. The fourth-order valence-electron chi connectivity index (χ4n) is 3.16. The number of ether oxygens (including phenoxy) is 1. The third-order valence-corrected chi connectivity index (χ3v) is 5.95. The Bertz CT molecular complexity index is 711. The van der Waals surface area contributed by atoms with Crippen molar-refractivity contribution in [3.05, 3.63) is 29.3 Å². The molecule has 1 saturated heterocycles. The van der Waals surface area contributed by atoms with Gasteiger partial charge in [-0.3, -0.25) is 0 Å². The second-order valence-electron chi connectivity index (χ2n) is 5.60. The highest BCUT2D eigenvalue weighted by Crippen LogP contribution is 2.38. The van der Waals surface area contributed by atoms with Crippen LogP contribution in [0.25, 0.3) is 0 Å². The highest BCUT2D eigenvalue weighted by molar-refractivity contribution is 7.89. The predicted molar refractivity (Wildman–Crippen MR) is 75.8 cm³/mol. The molecule has 0 bridgehead atoms. The molecule has 0 spiro atoms. The number of rotatable bonds is 3. The van der Waals surface area contributed by atoms with Gasteiger partial charge in [0.15, 0.2) is 0 Å². The lowest BCUT2D eigenvalue weighted by atomic mass is 9.73. The lowest BCUT2D eigenvalue weighted by Gasteiger charge is -2.45. The van der Waals surface area contributed by atoms with E-state index in [1.54, 1.807) is 13.0 Å². The molecule has 3 N–H and O–H groups in total. The minimum atomic E-state index is -3.67. The third kappa shape index (κ3) is 2.34. The first-order valence-electron chi connectivity index (χ1n) is 6.84. The zero-order valence-electron chi connectivity index (χ0n) is 11.6. The lowest BCUT2D eigenvalue weighted by molar-refractivity contribution is -0.00924. The summed E-state index contributed by atoms with van der Waals surface area (Å²) >= 11 is 0. The number of nitrogens with two attached hydrogens (primary N) is 1. The SMILES string of the molecule is Cc1cc(C#N)ccc1S(=O)(=O)NC1C(N)C2CCOC21. The summed E-state index contributed by atoms with van der Waals surface area (Å²) in [5, 5.41) is 8.84. The van der Waals surface area contributed by atoms with Gasteiger partial charge < -0.3 is 10.5 Å². The molecule has 2 fully saturated rings. The molecule has 21 heavy (non-hydrogen) atoms. The molecule has 0 amide bonds. The lowest BCUT2D eigenvalue weighted by Crippen LogP contribution is -2.68. The first-order chi connectivity index (χ1) is 9.94. The number of nitrogens with zero attached hydrogens (tertiary/aromatic N) is 1. The molecular weight excluding hydrogens is 290 g/mol. The molecule has 7 heteroatoms. The molecule has 6 nitrogen and oxygen atoms in total. The van der Waals surface area contributed by atoms with Crippen LogP contribution in [0, 0.1) is 24.2 Å². The fourth-order valence-corrected chi connectivity index (χ4v) is 4.66. The monoisotopic (exact) mass is 307 g/mol. The van der Waals surface area contributed by atoms with Crippen molar-refractivity contribution < 1.29 is 13.2 Å². The van der Waals surface area contributed by atoms with Gasteiger partial charge in [0.05, 0.1) is 28.7 Å². The molecule has 1 heterocycles. The molecule has 1 saturated carbocycles. The summed E-state index contributed by atoms with van der Waals surface area (Å²) in [7, 11) is -3.67. The number of aryl methyl sites for hydroxylation is 1. The van der Waals surface area contributed by atoms with E-state index >= 15 is 0 Å². The van der Waals surface area contributed by atoms with Crippen LogP contribution in [-0.2, 0) is 14.8 Å². The van der Waals surface area contributed by atoms with Crippen molar-refractivity contribution in [1.29, 1.82) is 5.26 Å². The quantitative estimate of drug-likeness (QED) is 0.833. The normalized spacial score (nSPS) is 31.3. The van der Waals surface area contributed by atoms with Crippen molar-refractivity contribution in [2.75, 3.05) is 6.61 Å². The van der Waals surface area contributed by atoms with E-state index < -0.39 is 10.0 Å². The first kappa shape index (κ1) is 14.5. The van der Waals surface area contributed by atoms with Crippen LogP contribution in [0.2, 0.25) is 0 Å². The Morgan fingerprint density at radius 1 is 1.48 bits per heavy atom. The number of benzene rings is 1. The van der Waals surface area contributed by atoms with Gasteiger partial charge in [-0.05, 0) is 37.1 Å². The smallest absolute Gasteiger partial charge is 0.241 e. The molecule has 4 atom stereocenters. The van der Waals surface area contributed by atoms with E-state index in [0.29, 0.717) is 17.7 Å². The van der Waals surface area contributed by atoms with Crippen LogP contribution in [-0.4, -0.2) is 33.2 Å². The van der Waals surface area contributed by atoms with E-state index in [9.17, 15) is 8.42 Å². The van der Waals surface area contributed by atoms with Crippen molar-refractivity contribution in [2.45, 2.75) is 36.4 Å². The Hall–Kier alpha value is -1.46. The predicted octanol–water partition coefficient (Wildman–Crippen LogP) is 0.260. The van der Waals surface area contributed by atoms with Crippen LogP contribution < -0.4 is 10.5 Å². The number of nitriles is 1. The number of sulfonamides is 1. The van der Waals surface area contributed by atoms with Gasteiger partial charge in [-0.1, -0.05) is 0 Å². The van der Waals surface area contributed by atoms with Crippen molar-refractivity contribution >= 4 is 10.0 Å². The molecule has 4 unspecified atom stereocenters. The minimum absolute atomic E-state index is 0.117. The molecule has 3 rings (SSSR count). The summed E-state index contributed by atoms with van der Waals surface area (Å²) in [4.78, 5) is 0.176. The van der Waals surface area contributed by atoms with Gasteiger partial charge in [0, 0.05) is 18.6 Å². The Labute approximate surface area is 123 Å². The molecule has 1 aromatic rings. The van der Waals surface area contributed by atoms with Gasteiger partial charge in [-0.15, -0.1) is 0 Å². The van der Waals surface area contributed by atoms with E-state index in [-0.39, 0.29) is 29.0 Å². The fraction of sp³-hybridized carbons (Fsp3) is 0.500. The van der Waals surface area contributed by atoms with Gasteiger partial charge >= 0.3 is 0 Å². The first-order valence-corrected chi connectivity index (χ1v) is 8.32. The van der Waals surface area contributed by atoms with Gasteiger partial charge in [0.25, 0.3) is 0 Å². The molecule has 0 radical (unpaired) electrons. The molecule has 1 aliphatic heterocycles. The second-order valence-corrected chi connectivity index (χ2v) is 7.29. The van der Waals surface area contributed by atoms with E-state index in [1.165, 1.54) is 12.1 Å². The zero-order chi connectivity index (χ0) is 15.2. The largest absolute Gasteiger partial charge is 0.376 e.